The highest BCUT2D eigenvalue weighted by atomic mass is 19.4. The largest absolute Gasteiger partial charge is 0.493 e. The summed E-state index contributed by atoms with van der Waals surface area (Å²) in [4.78, 5) is 10.5. The first-order valence-electron chi connectivity index (χ1n) is 6.39. The van der Waals surface area contributed by atoms with Gasteiger partial charge in [-0.1, -0.05) is 6.92 Å². The molecule has 0 saturated heterocycles. The first kappa shape index (κ1) is 16.3. The van der Waals surface area contributed by atoms with Crippen molar-refractivity contribution in [1.29, 1.82) is 0 Å². The van der Waals surface area contributed by atoms with Gasteiger partial charge in [0.25, 0.3) is 0 Å². The standard InChI is InChI=1S/C14H17F3O3/c1-2-8-20-12-7-6-11(14(15,16)17)9-10(12)4-3-5-13(18)19/h6-7,9H,2-5,8H2,1H3,(H,18,19). The maximum Gasteiger partial charge on any atom is 0.416 e. The molecular formula is C14H17F3O3. The van der Waals surface area contributed by atoms with Crippen molar-refractivity contribution in [3.8, 4) is 5.75 Å². The summed E-state index contributed by atoms with van der Waals surface area (Å²) in [6.07, 6.45) is -3.22. The van der Waals surface area contributed by atoms with E-state index in [0.29, 0.717) is 17.9 Å². The molecule has 0 heterocycles. The van der Waals surface area contributed by atoms with Crippen molar-refractivity contribution < 1.29 is 27.8 Å². The molecule has 1 aromatic rings. The fourth-order valence-corrected chi connectivity index (χ4v) is 1.73. The maximum absolute atomic E-state index is 12.7. The van der Waals surface area contributed by atoms with Crippen molar-refractivity contribution in [1.82, 2.24) is 0 Å². The molecule has 20 heavy (non-hydrogen) atoms. The lowest BCUT2D eigenvalue weighted by molar-refractivity contribution is -0.138. The van der Waals surface area contributed by atoms with E-state index in [4.69, 9.17) is 9.84 Å². The van der Waals surface area contributed by atoms with Gasteiger partial charge in [0.05, 0.1) is 12.2 Å². The first-order valence-corrected chi connectivity index (χ1v) is 6.39. The van der Waals surface area contributed by atoms with Gasteiger partial charge >= 0.3 is 12.1 Å². The zero-order chi connectivity index (χ0) is 15.2. The second-order valence-electron chi connectivity index (χ2n) is 4.42. The molecule has 0 aliphatic carbocycles. The Labute approximate surface area is 115 Å². The Morgan fingerprint density at radius 1 is 1.35 bits per heavy atom. The molecule has 0 bridgehead atoms. The molecule has 1 rings (SSSR count). The van der Waals surface area contributed by atoms with Crippen molar-refractivity contribution in [2.45, 2.75) is 38.8 Å². The molecule has 3 nitrogen and oxygen atoms in total. The van der Waals surface area contributed by atoms with Gasteiger partial charge in [0, 0.05) is 6.42 Å². The zero-order valence-electron chi connectivity index (χ0n) is 11.2. The van der Waals surface area contributed by atoms with Crippen molar-refractivity contribution in [2.75, 3.05) is 6.61 Å². The second-order valence-corrected chi connectivity index (χ2v) is 4.42. The maximum atomic E-state index is 12.7. The lowest BCUT2D eigenvalue weighted by Crippen LogP contribution is -2.07. The number of hydrogen-bond donors (Lipinski definition) is 1. The van der Waals surface area contributed by atoms with E-state index in [1.807, 2.05) is 6.92 Å². The molecule has 0 amide bonds. The number of ether oxygens (including phenoxy) is 1. The third-order valence-electron chi connectivity index (χ3n) is 2.69. The van der Waals surface area contributed by atoms with Crippen LogP contribution in [0.15, 0.2) is 18.2 Å². The SMILES string of the molecule is CCCOc1ccc(C(F)(F)F)cc1CCCC(=O)O. The van der Waals surface area contributed by atoms with Gasteiger partial charge in [-0.3, -0.25) is 4.79 Å². The number of benzene rings is 1. The van der Waals surface area contributed by atoms with Crippen LogP contribution in [0.2, 0.25) is 0 Å². The van der Waals surface area contributed by atoms with E-state index in [-0.39, 0.29) is 19.3 Å². The Kier molecular flexibility index (Phi) is 5.85. The Morgan fingerprint density at radius 3 is 2.60 bits per heavy atom. The van der Waals surface area contributed by atoms with E-state index in [1.165, 1.54) is 6.07 Å². The number of aryl methyl sites for hydroxylation is 1. The van der Waals surface area contributed by atoms with Crippen LogP contribution in [0.5, 0.6) is 5.75 Å². The van der Waals surface area contributed by atoms with Crippen LogP contribution in [0.1, 0.15) is 37.3 Å². The summed E-state index contributed by atoms with van der Waals surface area (Å²) in [7, 11) is 0. The van der Waals surface area contributed by atoms with Gasteiger partial charge in [-0.25, -0.2) is 0 Å². The average molecular weight is 290 g/mol. The summed E-state index contributed by atoms with van der Waals surface area (Å²) in [6.45, 7) is 2.31. The van der Waals surface area contributed by atoms with Crippen LogP contribution in [0.25, 0.3) is 0 Å². The summed E-state index contributed by atoms with van der Waals surface area (Å²) in [5.74, 6) is -0.571. The third kappa shape index (κ3) is 5.11. The lowest BCUT2D eigenvalue weighted by Gasteiger charge is -2.14. The fourth-order valence-electron chi connectivity index (χ4n) is 1.73. The predicted molar refractivity (Wildman–Crippen MR) is 67.8 cm³/mol. The first-order chi connectivity index (χ1) is 9.34. The third-order valence-corrected chi connectivity index (χ3v) is 2.69. The topological polar surface area (TPSA) is 46.5 Å². The highest BCUT2D eigenvalue weighted by molar-refractivity contribution is 5.66. The van der Waals surface area contributed by atoms with E-state index in [1.54, 1.807) is 0 Å². The molecule has 1 N–H and O–H groups in total. The number of rotatable bonds is 7. The number of hydrogen-bond acceptors (Lipinski definition) is 2. The molecule has 0 aliphatic heterocycles. The number of carbonyl (C=O) groups is 1. The van der Waals surface area contributed by atoms with Gasteiger partial charge in [-0.15, -0.1) is 0 Å². The number of alkyl halides is 3. The van der Waals surface area contributed by atoms with E-state index in [9.17, 15) is 18.0 Å². The lowest BCUT2D eigenvalue weighted by atomic mass is 10.0. The molecule has 6 heteroatoms. The summed E-state index contributed by atoms with van der Waals surface area (Å²) in [6, 6.07) is 3.31. The molecule has 0 spiro atoms. The van der Waals surface area contributed by atoms with Crippen molar-refractivity contribution in [3.05, 3.63) is 29.3 Å². The monoisotopic (exact) mass is 290 g/mol. The number of aliphatic carboxylic acids is 1. The molecule has 0 radical (unpaired) electrons. The van der Waals surface area contributed by atoms with Crippen LogP contribution in [-0.2, 0) is 17.4 Å². The highest BCUT2D eigenvalue weighted by Gasteiger charge is 2.31. The van der Waals surface area contributed by atoms with Crippen LogP contribution in [-0.4, -0.2) is 17.7 Å². The van der Waals surface area contributed by atoms with E-state index in [0.717, 1.165) is 18.6 Å². The quantitative estimate of drug-likeness (QED) is 0.828. The zero-order valence-corrected chi connectivity index (χ0v) is 11.2. The van der Waals surface area contributed by atoms with Crippen LogP contribution >= 0.6 is 0 Å². The van der Waals surface area contributed by atoms with Crippen molar-refractivity contribution >= 4 is 5.97 Å². The number of carboxylic acid groups (broad SMARTS) is 1. The molecule has 0 aromatic heterocycles. The molecule has 0 saturated carbocycles. The van der Waals surface area contributed by atoms with Gasteiger partial charge < -0.3 is 9.84 Å². The average Bonchev–Trinajstić information content (AvgIpc) is 2.35. The van der Waals surface area contributed by atoms with Gasteiger partial charge in [0.2, 0.25) is 0 Å². The van der Waals surface area contributed by atoms with E-state index < -0.39 is 17.7 Å². The van der Waals surface area contributed by atoms with E-state index in [2.05, 4.69) is 0 Å². The molecule has 1 aromatic carbocycles. The van der Waals surface area contributed by atoms with Gasteiger partial charge in [-0.2, -0.15) is 13.2 Å². The second kappa shape index (κ2) is 7.17. The molecule has 0 aliphatic rings. The van der Waals surface area contributed by atoms with Crippen LogP contribution < -0.4 is 4.74 Å². The predicted octanol–water partition coefficient (Wildman–Crippen LogP) is 3.90. The van der Waals surface area contributed by atoms with Crippen LogP contribution in [0.4, 0.5) is 13.2 Å². The summed E-state index contributed by atoms with van der Waals surface area (Å²) in [5.41, 5.74) is -0.346. The van der Waals surface area contributed by atoms with Gasteiger partial charge in [0.1, 0.15) is 5.75 Å². The Morgan fingerprint density at radius 2 is 2.05 bits per heavy atom. The van der Waals surface area contributed by atoms with Gasteiger partial charge in [-0.05, 0) is 43.0 Å². The fraction of sp³-hybridized carbons (Fsp3) is 0.500. The summed E-state index contributed by atoms with van der Waals surface area (Å²) in [5, 5.41) is 8.57. The Balaban J connectivity index is 2.90. The molecule has 0 fully saturated rings. The van der Waals surface area contributed by atoms with Crippen LogP contribution in [0, 0.1) is 0 Å². The highest BCUT2D eigenvalue weighted by Crippen LogP contribution is 2.33. The number of carboxylic acids is 1. The van der Waals surface area contributed by atoms with Crippen molar-refractivity contribution in [3.63, 3.8) is 0 Å². The molecule has 112 valence electrons. The summed E-state index contributed by atoms with van der Waals surface area (Å²) < 4.78 is 43.4. The molecular weight excluding hydrogens is 273 g/mol. The minimum atomic E-state index is -4.41. The smallest absolute Gasteiger partial charge is 0.416 e. The van der Waals surface area contributed by atoms with E-state index >= 15 is 0 Å². The Hall–Kier alpha value is -1.72. The van der Waals surface area contributed by atoms with Gasteiger partial charge in [0.15, 0.2) is 0 Å². The van der Waals surface area contributed by atoms with Crippen LogP contribution in [0.3, 0.4) is 0 Å². The minimum Gasteiger partial charge on any atom is -0.493 e. The number of halogens is 3. The minimum absolute atomic E-state index is 0.0799. The summed E-state index contributed by atoms with van der Waals surface area (Å²) >= 11 is 0. The molecule has 0 unspecified atom stereocenters. The molecule has 0 atom stereocenters. The van der Waals surface area contributed by atoms with Crippen molar-refractivity contribution in [2.24, 2.45) is 0 Å². The normalized spacial score (nSPS) is 11.4. The Bertz CT molecular complexity index is 455.